The van der Waals surface area contributed by atoms with E-state index in [9.17, 15) is 17.6 Å². The number of ether oxygens (including phenoxy) is 1. The summed E-state index contributed by atoms with van der Waals surface area (Å²) >= 11 is 0. The van der Waals surface area contributed by atoms with Crippen LogP contribution in [-0.2, 0) is 14.6 Å². The zero-order chi connectivity index (χ0) is 12.3. The van der Waals surface area contributed by atoms with Crippen molar-refractivity contribution in [1.82, 2.24) is 0 Å². The molecule has 16 heavy (non-hydrogen) atoms. The van der Waals surface area contributed by atoms with E-state index in [1.54, 1.807) is 6.92 Å². The van der Waals surface area contributed by atoms with Crippen molar-refractivity contribution in [3.05, 3.63) is 29.6 Å². The van der Waals surface area contributed by atoms with Gasteiger partial charge < -0.3 is 4.74 Å². The molecular weight excluding hydrogens is 235 g/mol. The van der Waals surface area contributed by atoms with Gasteiger partial charge >= 0.3 is 5.97 Å². The fourth-order valence-corrected chi connectivity index (χ4v) is 1.89. The first kappa shape index (κ1) is 12.6. The molecule has 0 fully saturated rings. The molecule has 0 saturated heterocycles. The Morgan fingerprint density at radius 3 is 2.56 bits per heavy atom. The van der Waals surface area contributed by atoms with E-state index in [4.69, 9.17) is 0 Å². The smallest absolute Gasteiger partial charge is 0.338 e. The summed E-state index contributed by atoms with van der Waals surface area (Å²) in [5.41, 5.74) is 0.0173. The molecule has 1 aromatic carbocycles. The van der Waals surface area contributed by atoms with Crippen molar-refractivity contribution in [2.45, 2.75) is 11.8 Å². The van der Waals surface area contributed by atoms with E-state index in [2.05, 4.69) is 4.74 Å². The van der Waals surface area contributed by atoms with Gasteiger partial charge in [-0.1, -0.05) is 0 Å². The molecule has 0 heterocycles. The van der Waals surface area contributed by atoms with Gasteiger partial charge in [0.05, 0.1) is 12.2 Å². The normalized spacial score (nSPS) is 11.2. The summed E-state index contributed by atoms with van der Waals surface area (Å²) in [7, 11) is -3.69. The SMILES string of the molecule is CCOC(=O)c1ccc(F)c(S(C)(=O)=O)c1. The number of benzene rings is 1. The maximum absolute atomic E-state index is 13.2. The van der Waals surface area contributed by atoms with E-state index < -0.39 is 26.5 Å². The highest BCUT2D eigenvalue weighted by molar-refractivity contribution is 7.90. The van der Waals surface area contributed by atoms with E-state index in [1.165, 1.54) is 6.07 Å². The number of esters is 1. The van der Waals surface area contributed by atoms with Crippen LogP contribution in [0, 0.1) is 5.82 Å². The van der Waals surface area contributed by atoms with Crippen LogP contribution in [0.1, 0.15) is 17.3 Å². The average molecular weight is 246 g/mol. The Morgan fingerprint density at radius 2 is 2.06 bits per heavy atom. The monoisotopic (exact) mass is 246 g/mol. The van der Waals surface area contributed by atoms with Crippen LogP contribution in [0.3, 0.4) is 0 Å². The van der Waals surface area contributed by atoms with Crippen molar-refractivity contribution in [2.75, 3.05) is 12.9 Å². The van der Waals surface area contributed by atoms with E-state index in [0.29, 0.717) is 0 Å². The molecule has 0 amide bonds. The molecule has 0 aromatic heterocycles. The summed E-state index contributed by atoms with van der Waals surface area (Å²) in [6, 6.07) is 3.09. The Kier molecular flexibility index (Phi) is 3.64. The zero-order valence-electron chi connectivity index (χ0n) is 8.86. The predicted octanol–water partition coefficient (Wildman–Crippen LogP) is 1.41. The van der Waals surface area contributed by atoms with Gasteiger partial charge in [0.2, 0.25) is 0 Å². The van der Waals surface area contributed by atoms with E-state index in [1.807, 2.05) is 0 Å². The van der Waals surface area contributed by atoms with Gasteiger partial charge in [0.1, 0.15) is 10.7 Å². The Labute approximate surface area is 93.0 Å². The lowest BCUT2D eigenvalue weighted by Gasteiger charge is -2.04. The van der Waals surface area contributed by atoms with Crippen LogP contribution < -0.4 is 0 Å². The molecule has 6 heteroatoms. The minimum Gasteiger partial charge on any atom is -0.462 e. The highest BCUT2D eigenvalue weighted by Gasteiger charge is 2.17. The Bertz CT molecular complexity index is 508. The topological polar surface area (TPSA) is 60.4 Å². The van der Waals surface area contributed by atoms with Crippen molar-refractivity contribution in [3.8, 4) is 0 Å². The van der Waals surface area contributed by atoms with Crippen molar-refractivity contribution in [2.24, 2.45) is 0 Å². The van der Waals surface area contributed by atoms with Gasteiger partial charge in [-0.25, -0.2) is 17.6 Å². The van der Waals surface area contributed by atoms with Crippen molar-refractivity contribution in [1.29, 1.82) is 0 Å². The molecule has 1 aromatic rings. The maximum atomic E-state index is 13.2. The van der Waals surface area contributed by atoms with Crippen LogP contribution in [-0.4, -0.2) is 27.2 Å². The first-order valence-corrected chi connectivity index (χ1v) is 6.42. The Morgan fingerprint density at radius 1 is 1.44 bits per heavy atom. The van der Waals surface area contributed by atoms with Gasteiger partial charge in [0, 0.05) is 6.26 Å². The summed E-state index contributed by atoms with van der Waals surface area (Å²) in [5, 5.41) is 0. The maximum Gasteiger partial charge on any atom is 0.338 e. The summed E-state index contributed by atoms with van der Waals surface area (Å²) in [4.78, 5) is 10.8. The van der Waals surface area contributed by atoms with Crippen LogP contribution in [0.5, 0.6) is 0 Å². The van der Waals surface area contributed by atoms with Crippen LogP contribution in [0.4, 0.5) is 4.39 Å². The lowest BCUT2D eigenvalue weighted by atomic mass is 10.2. The summed E-state index contributed by atoms with van der Waals surface area (Å²) in [5.74, 6) is -1.55. The third kappa shape index (κ3) is 2.79. The lowest BCUT2D eigenvalue weighted by Crippen LogP contribution is -2.08. The number of hydrogen-bond donors (Lipinski definition) is 0. The first-order chi connectivity index (χ1) is 7.36. The van der Waals surface area contributed by atoms with Crippen molar-refractivity contribution < 1.29 is 22.3 Å². The van der Waals surface area contributed by atoms with Crippen LogP contribution in [0.15, 0.2) is 23.1 Å². The molecule has 0 aliphatic rings. The van der Waals surface area contributed by atoms with Gasteiger partial charge in [-0.05, 0) is 25.1 Å². The summed E-state index contributed by atoms with van der Waals surface area (Å²) in [6.07, 6.45) is 0.875. The molecule has 0 aliphatic carbocycles. The molecule has 1 rings (SSSR count). The second-order valence-corrected chi connectivity index (χ2v) is 5.12. The highest BCUT2D eigenvalue weighted by atomic mass is 32.2. The van der Waals surface area contributed by atoms with Crippen molar-refractivity contribution in [3.63, 3.8) is 0 Å². The molecule has 0 bridgehead atoms. The molecule has 0 spiro atoms. The number of sulfone groups is 1. The number of halogens is 1. The third-order valence-corrected chi connectivity index (χ3v) is 2.95. The van der Waals surface area contributed by atoms with E-state index in [-0.39, 0.29) is 12.2 Å². The largest absolute Gasteiger partial charge is 0.462 e. The molecule has 4 nitrogen and oxygen atoms in total. The van der Waals surface area contributed by atoms with Gasteiger partial charge in [-0.3, -0.25) is 0 Å². The highest BCUT2D eigenvalue weighted by Crippen LogP contribution is 2.16. The Hall–Kier alpha value is -1.43. The van der Waals surface area contributed by atoms with Gasteiger partial charge in [-0.15, -0.1) is 0 Å². The molecule has 0 radical (unpaired) electrons. The van der Waals surface area contributed by atoms with Crippen molar-refractivity contribution >= 4 is 15.8 Å². The second-order valence-electron chi connectivity index (χ2n) is 3.14. The number of carbonyl (C=O) groups excluding carboxylic acids is 1. The Balaban J connectivity index is 3.23. The van der Waals surface area contributed by atoms with Crippen LogP contribution in [0.25, 0.3) is 0 Å². The standard InChI is InChI=1S/C10H11FO4S/c1-3-15-10(12)7-4-5-8(11)9(6-7)16(2,13)14/h4-6H,3H2,1-2H3. The zero-order valence-corrected chi connectivity index (χ0v) is 9.67. The summed E-state index contributed by atoms with van der Waals surface area (Å²) < 4.78 is 40.3. The fourth-order valence-electron chi connectivity index (χ4n) is 1.13. The van der Waals surface area contributed by atoms with Crippen LogP contribution >= 0.6 is 0 Å². The van der Waals surface area contributed by atoms with E-state index >= 15 is 0 Å². The average Bonchev–Trinajstić information content (AvgIpc) is 2.16. The predicted molar refractivity (Wildman–Crippen MR) is 55.5 cm³/mol. The lowest BCUT2D eigenvalue weighted by molar-refractivity contribution is 0.0526. The number of carbonyl (C=O) groups is 1. The fraction of sp³-hybridized carbons (Fsp3) is 0.300. The summed E-state index contributed by atoms with van der Waals surface area (Å²) in [6.45, 7) is 1.79. The van der Waals surface area contributed by atoms with Gasteiger partial charge in [0.25, 0.3) is 0 Å². The molecule has 88 valence electrons. The number of rotatable bonds is 3. The molecule has 0 unspecified atom stereocenters. The molecule has 0 atom stereocenters. The molecule has 0 saturated carbocycles. The van der Waals surface area contributed by atoms with E-state index in [0.717, 1.165) is 18.4 Å². The number of hydrogen-bond acceptors (Lipinski definition) is 4. The van der Waals surface area contributed by atoms with Crippen LogP contribution in [0.2, 0.25) is 0 Å². The quantitative estimate of drug-likeness (QED) is 0.756. The van der Waals surface area contributed by atoms with Gasteiger partial charge in [0.15, 0.2) is 9.84 Å². The minimum atomic E-state index is -3.69. The second kappa shape index (κ2) is 4.61. The molecular formula is C10H11FO4S. The first-order valence-electron chi connectivity index (χ1n) is 4.53. The third-order valence-electron chi connectivity index (χ3n) is 1.84. The van der Waals surface area contributed by atoms with Gasteiger partial charge in [-0.2, -0.15) is 0 Å². The molecule has 0 aliphatic heterocycles. The minimum absolute atomic E-state index is 0.0173. The molecule has 0 N–H and O–H groups in total.